The molecule has 0 bridgehead atoms. The highest BCUT2D eigenvalue weighted by molar-refractivity contribution is 7.94. The van der Waals surface area contributed by atoms with E-state index in [1.807, 2.05) is 49.6 Å². The second kappa shape index (κ2) is 6.46. The number of sulfonamides is 1. The van der Waals surface area contributed by atoms with Crippen LogP contribution in [-0.4, -0.2) is 29.6 Å². The molecular weight excluding hydrogens is 306 g/mol. The van der Waals surface area contributed by atoms with E-state index in [0.29, 0.717) is 16.4 Å². The second-order valence-electron chi connectivity index (χ2n) is 4.82. The first-order valence-electron chi connectivity index (χ1n) is 6.45. The lowest BCUT2D eigenvalue weighted by Crippen LogP contribution is -2.16. The maximum absolute atomic E-state index is 12.5. The van der Waals surface area contributed by atoms with Gasteiger partial charge >= 0.3 is 0 Å². The van der Waals surface area contributed by atoms with E-state index in [-0.39, 0.29) is 0 Å². The van der Waals surface area contributed by atoms with Gasteiger partial charge in [0.05, 0.1) is 11.4 Å². The lowest BCUT2D eigenvalue weighted by molar-refractivity contribution is 0.603. The first kappa shape index (κ1) is 15.8. The summed E-state index contributed by atoms with van der Waals surface area (Å²) in [6, 6.07) is 9.02. The summed E-state index contributed by atoms with van der Waals surface area (Å²) in [5, 5.41) is 4.86. The van der Waals surface area contributed by atoms with Gasteiger partial charge in [0.15, 0.2) is 0 Å². The molecular formula is C14H19N3O2S2. The number of rotatable bonds is 6. The van der Waals surface area contributed by atoms with Crippen molar-refractivity contribution in [2.75, 3.05) is 30.8 Å². The minimum atomic E-state index is -3.55. The van der Waals surface area contributed by atoms with Crippen LogP contribution in [0.5, 0.6) is 0 Å². The number of thiophene rings is 1. The van der Waals surface area contributed by atoms with Crippen molar-refractivity contribution in [1.29, 1.82) is 0 Å². The highest BCUT2D eigenvalue weighted by Gasteiger charge is 2.18. The largest absolute Gasteiger partial charge is 0.376 e. The molecule has 2 aromatic rings. The van der Waals surface area contributed by atoms with Crippen LogP contribution in [0.15, 0.2) is 39.9 Å². The van der Waals surface area contributed by atoms with Crippen LogP contribution in [0.2, 0.25) is 0 Å². The third-order valence-corrected chi connectivity index (χ3v) is 5.76. The third kappa shape index (κ3) is 3.75. The topological polar surface area (TPSA) is 61.4 Å². The normalized spacial score (nSPS) is 11.4. The number of hydrogen-bond acceptors (Lipinski definition) is 5. The lowest BCUT2D eigenvalue weighted by Gasteiger charge is -2.17. The number of nitrogens with one attached hydrogen (secondary N) is 2. The van der Waals surface area contributed by atoms with Gasteiger partial charge in [0, 0.05) is 20.6 Å². The van der Waals surface area contributed by atoms with Gasteiger partial charge < -0.3 is 10.2 Å². The van der Waals surface area contributed by atoms with Crippen LogP contribution in [0.1, 0.15) is 5.56 Å². The molecule has 1 heterocycles. The standard InChI is InChI=1S/C14H19N3O2S2/c1-15-9-11-8-14(20-10-11)21(18,19)16-12-6-4-5-7-13(12)17(2)3/h4-8,10,15-16H,9H2,1-3H3. The third-order valence-electron chi connectivity index (χ3n) is 2.91. The Balaban J connectivity index is 2.29. The van der Waals surface area contributed by atoms with Crippen molar-refractivity contribution in [1.82, 2.24) is 5.32 Å². The minimum Gasteiger partial charge on any atom is -0.376 e. The summed E-state index contributed by atoms with van der Waals surface area (Å²) >= 11 is 1.23. The molecule has 0 aliphatic carbocycles. The zero-order valence-corrected chi connectivity index (χ0v) is 13.9. The molecule has 5 nitrogen and oxygen atoms in total. The first-order chi connectivity index (χ1) is 9.94. The van der Waals surface area contributed by atoms with Crippen molar-refractivity contribution < 1.29 is 8.42 Å². The van der Waals surface area contributed by atoms with Gasteiger partial charge in [-0.05, 0) is 36.2 Å². The molecule has 0 amide bonds. The Morgan fingerprint density at radius 2 is 1.95 bits per heavy atom. The molecule has 21 heavy (non-hydrogen) atoms. The van der Waals surface area contributed by atoms with Crippen LogP contribution in [0.4, 0.5) is 11.4 Å². The van der Waals surface area contributed by atoms with E-state index in [2.05, 4.69) is 10.0 Å². The van der Waals surface area contributed by atoms with Gasteiger partial charge in [-0.1, -0.05) is 12.1 Å². The van der Waals surface area contributed by atoms with E-state index in [9.17, 15) is 8.42 Å². The second-order valence-corrected chi connectivity index (χ2v) is 7.64. The van der Waals surface area contributed by atoms with Gasteiger partial charge in [-0.15, -0.1) is 11.3 Å². The molecule has 1 aromatic carbocycles. The lowest BCUT2D eigenvalue weighted by atomic mass is 10.2. The van der Waals surface area contributed by atoms with Crippen LogP contribution >= 0.6 is 11.3 Å². The predicted octanol–water partition coefficient (Wildman–Crippen LogP) is 2.33. The smallest absolute Gasteiger partial charge is 0.271 e. The Labute approximate surface area is 129 Å². The molecule has 114 valence electrons. The van der Waals surface area contributed by atoms with Crippen molar-refractivity contribution in [3.05, 3.63) is 41.3 Å². The van der Waals surface area contributed by atoms with E-state index in [4.69, 9.17) is 0 Å². The Hall–Kier alpha value is -1.57. The van der Waals surface area contributed by atoms with Crippen molar-refractivity contribution in [3.8, 4) is 0 Å². The summed E-state index contributed by atoms with van der Waals surface area (Å²) in [7, 11) is 2.03. The molecule has 0 spiro atoms. The minimum absolute atomic E-state index is 0.321. The fourth-order valence-corrected chi connectivity index (χ4v) is 4.22. The Morgan fingerprint density at radius 3 is 2.62 bits per heavy atom. The zero-order chi connectivity index (χ0) is 15.5. The van der Waals surface area contributed by atoms with E-state index < -0.39 is 10.0 Å². The quantitative estimate of drug-likeness (QED) is 0.856. The fraction of sp³-hybridized carbons (Fsp3) is 0.286. The summed E-state index contributed by atoms with van der Waals surface area (Å²) in [5.74, 6) is 0. The predicted molar refractivity (Wildman–Crippen MR) is 88.7 cm³/mol. The molecule has 0 unspecified atom stereocenters. The summed E-state index contributed by atoms with van der Waals surface area (Å²) in [5.41, 5.74) is 2.36. The van der Waals surface area contributed by atoms with Crippen LogP contribution < -0.4 is 14.9 Å². The molecule has 0 fully saturated rings. The van der Waals surface area contributed by atoms with Crippen molar-refractivity contribution in [3.63, 3.8) is 0 Å². The molecule has 0 radical (unpaired) electrons. The highest BCUT2D eigenvalue weighted by Crippen LogP contribution is 2.28. The maximum atomic E-state index is 12.5. The van der Waals surface area contributed by atoms with Crippen LogP contribution in [-0.2, 0) is 16.6 Å². The Morgan fingerprint density at radius 1 is 1.24 bits per heavy atom. The van der Waals surface area contributed by atoms with Gasteiger partial charge in [0.2, 0.25) is 0 Å². The number of para-hydroxylation sites is 2. The number of nitrogens with zero attached hydrogens (tertiary/aromatic N) is 1. The number of benzene rings is 1. The van der Waals surface area contributed by atoms with Crippen molar-refractivity contribution in [2.24, 2.45) is 0 Å². The molecule has 1 aromatic heterocycles. The molecule has 0 saturated heterocycles. The molecule has 0 aliphatic heterocycles. The SMILES string of the molecule is CNCc1csc(S(=O)(=O)Nc2ccccc2N(C)C)c1. The Kier molecular flexibility index (Phi) is 4.87. The molecule has 7 heteroatoms. The Bertz CT molecular complexity index is 709. The average Bonchev–Trinajstić information content (AvgIpc) is 2.88. The van der Waals surface area contributed by atoms with E-state index in [1.165, 1.54) is 11.3 Å². The van der Waals surface area contributed by atoms with E-state index in [1.54, 1.807) is 12.1 Å². The fourth-order valence-electron chi connectivity index (χ4n) is 1.94. The molecule has 2 N–H and O–H groups in total. The molecule has 0 atom stereocenters. The van der Waals surface area contributed by atoms with Gasteiger partial charge in [0.1, 0.15) is 4.21 Å². The molecule has 0 saturated carbocycles. The summed E-state index contributed by atoms with van der Waals surface area (Å²) in [6.45, 7) is 0.653. The van der Waals surface area contributed by atoms with Crippen LogP contribution in [0, 0.1) is 0 Å². The summed E-state index contributed by atoms with van der Waals surface area (Å²) < 4.78 is 27.9. The summed E-state index contributed by atoms with van der Waals surface area (Å²) in [4.78, 5) is 1.87. The zero-order valence-electron chi connectivity index (χ0n) is 12.3. The number of hydrogen-bond donors (Lipinski definition) is 2. The van der Waals surface area contributed by atoms with Crippen LogP contribution in [0.25, 0.3) is 0 Å². The van der Waals surface area contributed by atoms with Gasteiger partial charge in [-0.3, -0.25) is 4.72 Å². The highest BCUT2D eigenvalue weighted by atomic mass is 32.2. The van der Waals surface area contributed by atoms with Crippen LogP contribution in [0.3, 0.4) is 0 Å². The van der Waals surface area contributed by atoms with Gasteiger partial charge in [0.25, 0.3) is 10.0 Å². The van der Waals surface area contributed by atoms with Crippen molar-refractivity contribution >= 4 is 32.7 Å². The van der Waals surface area contributed by atoms with E-state index in [0.717, 1.165) is 11.3 Å². The van der Waals surface area contributed by atoms with E-state index >= 15 is 0 Å². The van der Waals surface area contributed by atoms with Crippen molar-refractivity contribution in [2.45, 2.75) is 10.8 Å². The molecule has 0 aliphatic rings. The van der Waals surface area contributed by atoms with Gasteiger partial charge in [-0.25, -0.2) is 8.42 Å². The first-order valence-corrected chi connectivity index (χ1v) is 8.81. The average molecular weight is 325 g/mol. The number of anilines is 2. The summed E-state index contributed by atoms with van der Waals surface area (Å²) in [6.07, 6.45) is 0. The maximum Gasteiger partial charge on any atom is 0.271 e. The van der Waals surface area contributed by atoms with Gasteiger partial charge in [-0.2, -0.15) is 0 Å². The molecule has 2 rings (SSSR count). The monoisotopic (exact) mass is 325 g/mol.